The van der Waals surface area contributed by atoms with Crippen LogP contribution in [0.15, 0.2) is 24.3 Å². The van der Waals surface area contributed by atoms with E-state index in [4.69, 9.17) is 11.1 Å². The summed E-state index contributed by atoms with van der Waals surface area (Å²) in [6.07, 6.45) is 0.669. The molecule has 11 heteroatoms. The first-order chi connectivity index (χ1) is 14.8. The molecule has 1 fully saturated rings. The third-order valence-electron chi connectivity index (χ3n) is 4.97. The van der Waals surface area contributed by atoms with Gasteiger partial charge in [0.2, 0.25) is 17.6 Å². The highest BCUT2D eigenvalue weighted by Crippen LogP contribution is 2.23. The zero-order valence-corrected chi connectivity index (χ0v) is 17.8. The molecule has 1 saturated heterocycles. The molecule has 1 aliphatic heterocycles. The smallest absolute Gasteiger partial charge is 0.243 e. The number of amides is 2. The number of hydrogen-bond acceptors (Lipinski definition) is 7. The van der Waals surface area contributed by atoms with Gasteiger partial charge in [-0.25, -0.2) is 4.98 Å². The molecule has 2 heterocycles. The number of benzene rings is 1. The first kappa shape index (κ1) is 22.3. The molecule has 0 spiro atoms. The highest BCUT2D eigenvalue weighted by atomic mass is 32.1. The van der Waals surface area contributed by atoms with E-state index in [0.717, 1.165) is 4.70 Å². The van der Waals surface area contributed by atoms with Gasteiger partial charge in [-0.05, 0) is 25.0 Å². The van der Waals surface area contributed by atoms with E-state index in [1.807, 2.05) is 24.3 Å². The summed E-state index contributed by atoms with van der Waals surface area (Å²) in [5.41, 5.74) is 5.98. The van der Waals surface area contributed by atoms with Gasteiger partial charge in [0, 0.05) is 19.9 Å². The van der Waals surface area contributed by atoms with E-state index in [2.05, 4.69) is 15.6 Å². The summed E-state index contributed by atoms with van der Waals surface area (Å²) in [7, 11) is 0. The third kappa shape index (κ3) is 5.43. The molecule has 1 aromatic heterocycles. The van der Waals surface area contributed by atoms with Gasteiger partial charge in [-0.15, -0.1) is 11.3 Å². The summed E-state index contributed by atoms with van der Waals surface area (Å²) < 4.78 is 0.860. The van der Waals surface area contributed by atoms with Crippen molar-refractivity contribution >= 4 is 50.9 Å². The summed E-state index contributed by atoms with van der Waals surface area (Å²) in [5, 5.41) is 12.9. The Hall–Kier alpha value is -3.34. The van der Waals surface area contributed by atoms with Gasteiger partial charge in [0.05, 0.1) is 22.8 Å². The van der Waals surface area contributed by atoms with Gasteiger partial charge in [-0.3, -0.25) is 24.6 Å². The summed E-state index contributed by atoms with van der Waals surface area (Å²) in [6.45, 7) is 1.55. The van der Waals surface area contributed by atoms with E-state index in [9.17, 15) is 19.2 Å². The lowest BCUT2D eigenvalue weighted by atomic mass is 10.1. The normalized spacial score (nSPS) is 16.9. The summed E-state index contributed by atoms with van der Waals surface area (Å²) in [5.74, 6) is -1.63. The first-order valence-corrected chi connectivity index (χ1v) is 10.6. The van der Waals surface area contributed by atoms with Crippen molar-refractivity contribution in [3.8, 4) is 0 Å². The van der Waals surface area contributed by atoms with Gasteiger partial charge in [0.15, 0.2) is 16.8 Å². The van der Waals surface area contributed by atoms with E-state index in [0.29, 0.717) is 18.5 Å². The Kier molecular flexibility index (Phi) is 6.95. The zero-order valence-electron chi connectivity index (χ0n) is 17.0. The minimum absolute atomic E-state index is 0.0701. The summed E-state index contributed by atoms with van der Waals surface area (Å²) in [4.78, 5) is 55.2. The lowest BCUT2D eigenvalue weighted by Gasteiger charge is -2.24. The van der Waals surface area contributed by atoms with Crippen LogP contribution in [-0.4, -0.2) is 64.4 Å². The molecule has 5 N–H and O–H groups in total. The highest BCUT2D eigenvalue weighted by Gasteiger charge is 2.38. The molecule has 2 atom stereocenters. The fraction of sp³-hybridized carbons (Fsp3) is 0.400. The number of carbonyl (C=O) groups excluding carboxylic acids is 4. The predicted octanol–water partition coefficient (Wildman–Crippen LogP) is 0.417. The van der Waals surface area contributed by atoms with Crippen molar-refractivity contribution in [3.05, 3.63) is 29.3 Å². The van der Waals surface area contributed by atoms with Crippen molar-refractivity contribution in [1.29, 1.82) is 5.41 Å². The van der Waals surface area contributed by atoms with Crippen LogP contribution in [0.25, 0.3) is 10.2 Å². The lowest BCUT2D eigenvalue weighted by molar-refractivity contribution is -0.137. The maximum absolute atomic E-state index is 13.2. The fourth-order valence-corrected chi connectivity index (χ4v) is 4.41. The standard InChI is InChI=1S/C20H24N6O4S/c1-11(27)26-10-12(28)9-15(26)18(30)24-14(6-4-8-23-20(21)22)17(29)19-25-13-5-2-3-7-16(13)31-19/h2-3,5,7,14-15H,4,6,8-10H2,1H3,(H,24,30)(H4,21,22,23)/t14?,15-/m0/s1. The molecule has 3 rings (SSSR count). The molecule has 0 aliphatic carbocycles. The van der Waals surface area contributed by atoms with Gasteiger partial charge in [0.1, 0.15) is 6.04 Å². The maximum atomic E-state index is 13.2. The number of aromatic nitrogens is 1. The molecule has 0 radical (unpaired) electrons. The number of guanidine groups is 1. The number of Topliss-reactive ketones (excluding diaryl/α,β-unsaturated/α-hetero) is 2. The van der Waals surface area contributed by atoms with Crippen molar-refractivity contribution in [2.45, 2.75) is 38.3 Å². The van der Waals surface area contributed by atoms with Crippen LogP contribution in [0.1, 0.15) is 36.0 Å². The molecule has 2 amide bonds. The molecule has 1 aliphatic rings. The van der Waals surface area contributed by atoms with E-state index < -0.39 is 18.0 Å². The minimum atomic E-state index is -0.925. The molecular weight excluding hydrogens is 420 g/mol. The molecule has 2 aromatic rings. The van der Waals surface area contributed by atoms with Crippen LogP contribution >= 0.6 is 11.3 Å². The fourth-order valence-electron chi connectivity index (χ4n) is 3.45. The van der Waals surface area contributed by atoms with Gasteiger partial charge >= 0.3 is 0 Å². The molecule has 31 heavy (non-hydrogen) atoms. The molecule has 10 nitrogen and oxygen atoms in total. The maximum Gasteiger partial charge on any atom is 0.243 e. The number of nitrogens with one attached hydrogen (secondary N) is 3. The average molecular weight is 445 g/mol. The minimum Gasteiger partial charge on any atom is -0.370 e. The Bertz CT molecular complexity index is 1000. The molecule has 1 unspecified atom stereocenters. The molecule has 164 valence electrons. The van der Waals surface area contributed by atoms with Crippen LogP contribution in [0.4, 0.5) is 0 Å². The molecule has 0 bridgehead atoms. The largest absolute Gasteiger partial charge is 0.370 e. The first-order valence-electron chi connectivity index (χ1n) is 9.83. The van der Waals surface area contributed by atoms with Gasteiger partial charge in [-0.2, -0.15) is 0 Å². The summed E-state index contributed by atoms with van der Waals surface area (Å²) in [6, 6.07) is 5.55. The Labute approximate surface area is 182 Å². The van der Waals surface area contributed by atoms with Crippen LogP contribution < -0.4 is 16.4 Å². The molecule has 1 aromatic carbocycles. The second-order valence-corrected chi connectivity index (χ2v) is 8.33. The molecule has 0 saturated carbocycles. The summed E-state index contributed by atoms with van der Waals surface area (Å²) >= 11 is 1.24. The van der Waals surface area contributed by atoms with Crippen molar-refractivity contribution < 1.29 is 19.2 Å². The van der Waals surface area contributed by atoms with Crippen LogP contribution in [0, 0.1) is 5.41 Å². The predicted molar refractivity (Wildman–Crippen MR) is 116 cm³/mol. The van der Waals surface area contributed by atoms with Crippen LogP contribution in [0.5, 0.6) is 0 Å². The third-order valence-corrected chi connectivity index (χ3v) is 6.02. The monoisotopic (exact) mass is 444 g/mol. The zero-order chi connectivity index (χ0) is 22.5. The average Bonchev–Trinajstić information content (AvgIpc) is 3.33. The molecular formula is C20H24N6O4S. The second-order valence-electron chi connectivity index (χ2n) is 7.30. The number of hydrogen-bond donors (Lipinski definition) is 4. The Balaban J connectivity index is 1.77. The Morgan fingerprint density at radius 1 is 1.35 bits per heavy atom. The Morgan fingerprint density at radius 2 is 2.10 bits per heavy atom. The van der Waals surface area contributed by atoms with Gasteiger partial charge in [0.25, 0.3) is 0 Å². The number of likely N-dealkylation sites (tertiary alicyclic amines) is 1. The van der Waals surface area contributed by atoms with Crippen molar-refractivity contribution in [3.63, 3.8) is 0 Å². The van der Waals surface area contributed by atoms with Crippen LogP contribution in [0.3, 0.4) is 0 Å². The van der Waals surface area contributed by atoms with Crippen LogP contribution in [0.2, 0.25) is 0 Å². The van der Waals surface area contributed by atoms with E-state index in [-0.39, 0.29) is 47.8 Å². The number of thiazole rings is 1. The number of carbonyl (C=O) groups is 4. The topological polar surface area (TPSA) is 158 Å². The van der Waals surface area contributed by atoms with E-state index >= 15 is 0 Å². The van der Waals surface area contributed by atoms with Gasteiger partial charge in [-0.1, -0.05) is 12.1 Å². The number of nitrogens with zero attached hydrogens (tertiary/aromatic N) is 2. The van der Waals surface area contributed by atoms with E-state index in [1.54, 1.807) is 0 Å². The van der Waals surface area contributed by atoms with Crippen LogP contribution in [-0.2, 0) is 14.4 Å². The van der Waals surface area contributed by atoms with Gasteiger partial charge < -0.3 is 21.3 Å². The van der Waals surface area contributed by atoms with Crippen molar-refractivity contribution in [2.75, 3.05) is 13.1 Å². The van der Waals surface area contributed by atoms with Crippen molar-refractivity contribution in [1.82, 2.24) is 20.5 Å². The number of para-hydroxylation sites is 1. The number of ketones is 2. The number of fused-ring (bicyclic) bond motifs is 1. The number of nitrogens with two attached hydrogens (primary N) is 1. The lowest BCUT2D eigenvalue weighted by Crippen LogP contribution is -2.50. The quantitative estimate of drug-likeness (QED) is 0.199. The van der Waals surface area contributed by atoms with Crippen molar-refractivity contribution in [2.24, 2.45) is 5.73 Å². The SMILES string of the molecule is CC(=O)N1CC(=O)C[C@H]1C(=O)NC(CCCNC(=N)N)C(=O)c1nc2ccccc2s1. The van der Waals surface area contributed by atoms with E-state index in [1.165, 1.54) is 23.2 Å². The number of rotatable bonds is 8. The Morgan fingerprint density at radius 3 is 2.77 bits per heavy atom. The highest BCUT2D eigenvalue weighted by molar-refractivity contribution is 7.20. The second kappa shape index (κ2) is 9.65.